The maximum Gasteiger partial charge on any atom is 0.254 e. The number of hydrogen-bond donors (Lipinski definition) is 1. The van der Waals surface area contributed by atoms with Crippen LogP contribution < -0.4 is 20.3 Å². The molecular formula is C25H24F2N4O3. The van der Waals surface area contributed by atoms with Crippen molar-refractivity contribution in [3.05, 3.63) is 88.6 Å². The summed E-state index contributed by atoms with van der Waals surface area (Å²) in [5.41, 5.74) is 2.67. The SMILES string of the molecule is CCOc1cc(=O)n(C)cc1-c1cc(NCc2ccnn2C)ccc1Oc1ccc(F)cc1F. The van der Waals surface area contributed by atoms with Crippen molar-refractivity contribution in [3.8, 4) is 28.4 Å². The number of nitrogens with one attached hydrogen (secondary N) is 1. The fourth-order valence-electron chi connectivity index (χ4n) is 3.47. The highest BCUT2D eigenvalue weighted by molar-refractivity contribution is 5.78. The predicted molar refractivity (Wildman–Crippen MR) is 125 cm³/mol. The highest BCUT2D eigenvalue weighted by Crippen LogP contribution is 2.40. The lowest BCUT2D eigenvalue weighted by molar-refractivity contribution is 0.340. The van der Waals surface area contributed by atoms with E-state index >= 15 is 0 Å². The minimum atomic E-state index is -0.824. The first-order valence-electron chi connectivity index (χ1n) is 10.7. The Morgan fingerprint density at radius 2 is 1.76 bits per heavy atom. The summed E-state index contributed by atoms with van der Waals surface area (Å²) in [5.74, 6) is -0.956. The lowest BCUT2D eigenvalue weighted by atomic mass is 10.0. The van der Waals surface area contributed by atoms with E-state index < -0.39 is 11.6 Å². The maximum absolute atomic E-state index is 14.3. The third-order valence-electron chi connectivity index (χ3n) is 5.27. The molecule has 0 unspecified atom stereocenters. The molecule has 176 valence electrons. The molecule has 0 bridgehead atoms. The van der Waals surface area contributed by atoms with E-state index in [9.17, 15) is 13.6 Å². The van der Waals surface area contributed by atoms with Crippen LogP contribution in [0.2, 0.25) is 0 Å². The molecule has 0 radical (unpaired) electrons. The predicted octanol–water partition coefficient (Wildman–Crippen LogP) is 4.87. The number of nitrogens with zero attached hydrogens (tertiary/aromatic N) is 3. The van der Waals surface area contributed by atoms with Crippen LogP contribution in [0.15, 0.2) is 65.7 Å². The molecule has 1 N–H and O–H groups in total. The number of hydrogen-bond acceptors (Lipinski definition) is 5. The number of halogens is 2. The molecule has 7 nitrogen and oxygen atoms in total. The molecule has 0 fully saturated rings. The molecule has 0 saturated carbocycles. The summed E-state index contributed by atoms with van der Waals surface area (Å²) in [5, 5.41) is 7.50. The van der Waals surface area contributed by atoms with Gasteiger partial charge < -0.3 is 19.4 Å². The number of pyridine rings is 1. The van der Waals surface area contributed by atoms with Gasteiger partial charge in [-0.15, -0.1) is 0 Å². The van der Waals surface area contributed by atoms with E-state index in [4.69, 9.17) is 9.47 Å². The fraction of sp³-hybridized carbons (Fsp3) is 0.200. The number of anilines is 1. The van der Waals surface area contributed by atoms with Crippen molar-refractivity contribution >= 4 is 5.69 Å². The maximum atomic E-state index is 14.3. The first-order chi connectivity index (χ1) is 16.4. The van der Waals surface area contributed by atoms with Gasteiger partial charge in [0.2, 0.25) is 0 Å². The van der Waals surface area contributed by atoms with Gasteiger partial charge >= 0.3 is 0 Å². The van der Waals surface area contributed by atoms with Crippen LogP contribution in [0.3, 0.4) is 0 Å². The third kappa shape index (κ3) is 4.93. The van der Waals surface area contributed by atoms with Crippen molar-refractivity contribution in [2.45, 2.75) is 13.5 Å². The molecule has 0 aliphatic carbocycles. The fourth-order valence-corrected chi connectivity index (χ4v) is 3.47. The van der Waals surface area contributed by atoms with Crippen LogP contribution >= 0.6 is 0 Å². The van der Waals surface area contributed by atoms with Gasteiger partial charge in [0.25, 0.3) is 5.56 Å². The standard InChI is InChI=1S/C25H24F2N4O3/c1-4-33-24-13-25(32)30(2)15-20(24)19-12-17(28-14-18-9-10-29-31(18)3)6-8-22(19)34-23-7-5-16(26)11-21(23)27/h5-13,15,28H,4,14H2,1-3H3. The van der Waals surface area contributed by atoms with Crippen molar-refractivity contribution in [2.24, 2.45) is 14.1 Å². The van der Waals surface area contributed by atoms with Gasteiger partial charge in [0, 0.05) is 55.4 Å². The molecule has 4 aromatic rings. The number of ether oxygens (including phenoxy) is 2. The number of rotatable bonds is 8. The molecule has 0 saturated heterocycles. The molecule has 0 atom stereocenters. The summed E-state index contributed by atoms with van der Waals surface area (Å²) in [6, 6.07) is 11.7. The van der Waals surface area contributed by atoms with Crippen LogP contribution in [0.25, 0.3) is 11.1 Å². The lowest BCUT2D eigenvalue weighted by Gasteiger charge is -2.17. The summed E-state index contributed by atoms with van der Waals surface area (Å²) < 4.78 is 42.5. The Morgan fingerprint density at radius 3 is 2.47 bits per heavy atom. The Kier molecular flexibility index (Phi) is 6.62. The van der Waals surface area contributed by atoms with Crippen LogP contribution in [0.5, 0.6) is 17.2 Å². The zero-order valence-corrected chi connectivity index (χ0v) is 19.0. The summed E-state index contributed by atoms with van der Waals surface area (Å²) in [4.78, 5) is 12.2. The summed E-state index contributed by atoms with van der Waals surface area (Å²) in [6.45, 7) is 2.69. The smallest absolute Gasteiger partial charge is 0.254 e. The average Bonchev–Trinajstić information content (AvgIpc) is 3.22. The van der Waals surface area contributed by atoms with Gasteiger partial charge in [-0.3, -0.25) is 9.48 Å². The van der Waals surface area contributed by atoms with E-state index in [1.54, 1.807) is 36.3 Å². The van der Waals surface area contributed by atoms with E-state index in [0.717, 1.165) is 23.5 Å². The summed E-state index contributed by atoms with van der Waals surface area (Å²) >= 11 is 0. The molecule has 4 rings (SSSR count). The Hall–Kier alpha value is -4.14. The zero-order chi connectivity index (χ0) is 24.2. The van der Waals surface area contributed by atoms with E-state index in [2.05, 4.69) is 10.4 Å². The van der Waals surface area contributed by atoms with Gasteiger partial charge in [0.1, 0.15) is 17.3 Å². The summed E-state index contributed by atoms with van der Waals surface area (Å²) in [7, 11) is 3.49. The highest BCUT2D eigenvalue weighted by Gasteiger charge is 2.17. The topological polar surface area (TPSA) is 70.3 Å². The van der Waals surface area contributed by atoms with Gasteiger partial charge in [-0.2, -0.15) is 5.10 Å². The Bertz CT molecular complexity index is 1380. The van der Waals surface area contributed by atoms with Crippen molar-refractivity contribution in [3.63, 3.8) is 0 Å². The molecule has 2 aromatic carbocycles. The van der Waals surface area contributed by atoms with E-state index in [-0.39, 0.29) is 11.3 Å². The largest absolute Gasteiger partial charge is 0.493 e. The van der Waals surface area contributed by atoms with Gasteiger partial charge in [-0.1, -0.05) is 0 Å². The van der Waals surface area contributed by atoms with E-state index in [0.29, 0.717) is 35.8 Å². The molecule has 0 aliphatic heterocycles. The Balaban J connectivity index is 1.79. The Morgan fingerprint density at radius 1 is 0.971 bits per heavy atom. The number of aryl methyl sites for hydroxylation is 2. The van der Waals surface area contributed by atoms with Crippen molar-refractivity contribution in [2.75, 3.05) is 11.9 Å². The van der Waals surface area contributed by atoms with E-state index in [1.807, 2.05) is 26.1 Å². The molecule has 0 aliphatic rings. The second-order valence-corrected chi connectivity index (χ2v) is 7.62. The molecule has 2 aromatic heterocycles. The van der Waals surface area contributed by atoms with Gasteiger partial charge in [-0.05, 0) is 43.3 Å². The highest BCUT2D eigenvalue weighted by atomic mass is 19.1. The minimum Gasteiger partial charge on any atom is -0.493 e. The lowest BCUT2D eigenvalue weighted by Crippen LogP contribution is -2.16. The molecule has 0 amide bonds. The number of aromatic nitrogens is 3. The van der Waals surface area contributed by atoms with Crippen LogP contribution in [0.4, 0.5) is 14.5 Å². The second kappa shape index (κ2) is 9.78. The van der Waals surface area contributed by atoms with Crippen LogP contribution in [-0.4, -0.2) is 21.0 Å². The summed E-state index contributed by atoms with van der Waals surface area (Å²) in [6.07, 6.45) is 3.36. The quantitative estimate of drug-likeness (QED) is 0.401. The molecule has 34 heavy (non-hydrogen) atoms. The number of benzene rings is 2. The second-order valence-electron chi connectivity index (χ2n) is 7.62. The van der Waals surface area contributed by atoms with Crippen molar-refractivity contribution in [1.82, 2.24) is 14.3 Å². The third-order valence-corrected chi connectivity index (χ3v) is 5.27. The van der Waals surface area contributed by atoms with Crippen molar-refractivity contribution in [1.29, 1.82) is 0 Å². The minimum absolute atomic E-state index is 0.124. The van der Waals surface area contributed by atoms with Gasteiger partial charge in [0.05, 0.1) is 18.8 Å². The molecule has 2 heterocycles. The Labute approximate surface area is 195 Å². The molecular weight excluding hydrogens is 442 g/mol. The first kappa shape index (κ1) is 23.0. The van der Waals surface area contributed by atoms with Crippen LogP contribution in [0.1, 0.15) is 12.6 Å². The van der Waals surface area contributed by atoms with Gasteiger partial charge in [-0.25, -0.2) is 8.78 Å². The monoisotopic (exact) mass is 466 g/mol. The van der Waals surface area contributed by atoms with Crippen molar-refractivity contribution < 1.29 is 18.3 Å². The van der Waals surface area contributed by atoms with Crippen LogP contribution in [-0.2, 0) is 20.6 Å². The van der Waals surface area contributed by atoms with Gasteiger partial charge in [0.15, 0.2) is 11.6 Å². The first-order valence-corrected chi connectivity index (χ1v) is 10.7. The molecule has 9 heteroatoms. The van der Waals surface area contributed by atoms with Crippen LogP contribution in [0, 0.1) is 11.6 Å². The zero-order valence-electron chi connectivity index (χ0n) is 19.0. The normalized spacial score (nSPS) is 10.9. The molecule has 0 spiro atoms. The van der Waals surface area contributed by atoms with E-state index in [1.165, 1.54) is 16.7 Å². The average molecular weight is 466 g/mol.